The van der Waals surface area contributed by atoms with Crippen molar-refractivity contribution in [3.63, 3.8) is 0 Å². The number of para-hydroxylation sites is 1. The quantitative estimate of drug-likeness (QED) is 0.674. The van der Waals surface area contributed by atoms with E-state index in [0.717, 1.165) is 23.7 Å². The Morgan fingerprint density at radius 1 is 1.17 bits per heavy atom. The smallest absolute Gasteiger partial charge is 0.242 e. The lowest BCUT2D eigenvalue weighted by Gasteiger charge is -2.17. The highest BCUT2D eigenvalue weighted by atomic mass is 32.2. The molecule has 2 amide bonds. The molecule has 1 heterocycles. The summed E-state index contributed by atoms with van der Waals surface area (Å²) in [5.41, 5.74) is 1.46. The number of hydrogen-bond donors (Lipinski definition) is 2. The van der Waals surface area contributed by atoms with Crippen molar-refractivity contribution in [3.8, 4) is 5.75 Å². The lowest BCUT2D eigenvalue weighted by Crippen LogP contribution is -3.06. The van der Waals surface area contributed by atoms with E-state index in [-0.39, 0.29) is 18.2 Å². The average Bonchev–Trinajstić information content (AvgIpc) is 3.01. The van der Waals surface area contributed by atoms with E-state index in [2.05, 4.69) is 10.3 Å². The van der Waals surface area contributed by atoms with Crippen LogP contribution in [0.4, 0.5) is 11.4 Å². The highest BCUT2D eigenvalue weighted by Crippen LogP contribution is 2.32. The third kappa shape index (κ3) is 5.84. The van der Waals surface area contributed by atoms with Gasteiger partial charge in [0.05, 0.1) is 40.0 Å². The number of likely N-dealkylation sites (N-methyl/N-ethyl adjacent to an activating group) is 1. The topological polar surface area (TPSA) is 75.4 Å². The van der Waals surface area contributed by atoms with E-state index in [1.807, 2.05) is 68.7 Å². The van der Waals surface area contributed by atoms with Gasteiger partial charge in [0, 0.05) is 12.1 Å². The summed E-state index contributed by atoms with van der Waals surface area (Å²) in [6, 6.07) is 16.6. The fraction of sp³-hybridized carbons (Fsp3) is 0.318. The van der Waals surface area contributed by atoms with Crippen LogP contribution >= 0.6 is 11.8 Å². The molecule has 1 atom stereocenters. The molecule has 7 nitrogen and oxygen atoms in total. The highest BCUT2D eigenvalue weighted by molar-refractivity contribution is 8.15. The summed E-state index contributed by atoms with van der Waals surface area (Å²) in [6.07, 6.45) is 0.103. The molecule has 158 valence electrons. The van der Waals surface area contributed by atoms with E-state index in [0.29, 0.717) is 11.7 Å². The van der Waals surface area contributed by atoms with Crippen molar-refractivity contribution in [1.29, 1.82) is 0 Å². The van der Waals surface area contributed by atoms with Crippen molar-refractivity contribution in [1.82, 2.24) is 4.90 Å². The number of ether oxygens (including phenoxy) is 1. The van der Waals surface area contributed by atoms with Gasteiger partial charge in [-0.3, -0.25) is 14.5 Å². The SMILES string of the molecule is COc1ccc(N=C2S[C@@H](CC(=O)Nc3ccccc3)C(=O)N2CC[NH+](C)C)cc1. The maximum absolute atomic E-state index is 13.0. The van der Waals surface area contributed by atoms with Crippen LogP contribution in [0.5, 0.6) is 5.75 Å². The maximum Gasteiger partial charge on any atom is 0.242 e. The summed E-state index contributed by atoms with van der Waals surface area (Å²) in [7, 11) is 5.69. The summed E-state index contributed by atoms with van der Waals surface area (Å²) < 4.78 is 5.19. The van der Waals surface area contributed by atoms with Crippen LogP contribution in [0, 0.1) is 0 Å². The zero-order valence-electron chi connectivity index (χ0n) is 17.4. The minimum atomic E-state index is -0.483. The first-order valence-corrected chi connectivity index (χ1v) is 10.7. The molecular weight excluding hydrogens is 400 g/mol. The molecule has 2 aromatic carbocycles. The van der Waals surface area contributed by atoms with E-state index in [4.69, 9.17) is 4.74 Å². The van der Waals surface area contributed by atoms with E-state index in [1.165, 1.54) is 16.7 Å². The third-order valence-electron chi connectivity index (χ3n) is 4.58. The van der Waals surface area contributed by atoms with Crippen LogP contribution in [0.1, 0.15) is 6.42 Å². The number of nitrogens with one attached hydrogen (secondary N) is 2. The molecule has 3 rings (SSSR count). The van der Waals surface area contributed by atoms with Crippen LogP contribution in [0.25, 0.3) is 0 Å². The number of carbonyl (C=O) groups excluding carboxylic acids is 2. The monoisotopic (exact) mass is 427 g/mol. The molecule has 1 fully saturated rings. The molecule has 0 saturated carbocycles. The molecule has 2 N–H and O–H groups in total. The van der Waals surface area contributed by atoms with E-state index in [1.54, 1.807) is 12.0 Å². The Morgan fingerprint density at radius 2 is 1.87 bits per heavy atom. The zero-order valence-corrected chi connectivity index (χ0v) is 18.2. The number of amides is 2. The van der Waals surface area contributed by atoms with Gasteiger partial charge in [0.25, 0.3) is 0 Å². The first-order valence-electron chi connectivity index (χ1n) is 9.81. The molecule has 0 bridgehead atoms. The van der Waals surface area contributed by atoms with Crippen LogP contribution in [0.3, 0.4) is 0 Å². The van der Waals surface area contributed by atoms with E-state index < -0.39 is 5.25 Å². The van der Waals surface area contributed by atoms with Gasteiger partial charge in [-0.15, -0.1) is 0 Å². The second kappa shape index (κ2) is 10.3. The Kier molecular flexibility index (Phi) is 7.48. The van der Waals surface area contributed by atoms with E-state index >= 15 is 0 Å². The van der Waals surface area contributed by atoms with Gasteiger partial charge in [0.15, 0.2) is 5.17 Å². The minimum Gasteiger partial charge on any atom is -0.497 e. The van der Waals surface area contributed by atoms with Crippen molar-refractivity contribution >= 4 is 40.1 Å². The second-order valence-electron chi connectivity index (χ2n) is 7.26. The molecule has 0 radical (unpaired) electrons. The fourth-order valence-electron chi connectivity index (χ4n) is 2.94. The minimum absolute atomic E-state index is 0.0725. The van der Waals surface area contributed by atoms with Crippen molar-refractivity contribution < 1.29 is 19.2 Å². The molecule has 1 aliphatic rings. The first-order chi connectivity index (χ1) is 14.5. The molecule has 0 spiro atoms. The molecule has 30 heavy (non-hydrogen) atoms. The zero-order chi connectivity index (χ0) is 21.5. The molecule has 8 heteroatoms. The number of hydrogen-bond acceptors (Lipinski definition) is 5. The number of quaternary nitrogens is 1. The van der Waals surface area contributed by atoms with Crippen LogP contribution in [-0.2, 0) is 9.59 Å². The molecule has 2 aromatic rings. The molecule has 0 aromatic heterocycles. The van der Waals surface area contributed by atoms with Gasteiger partial charge in [-0.25, -0.2) is 4.99 Å². The molecule has 1 aliphatic heterocycles. The van der Waals surface area contributed by atoms with Crippen LogP contribution in [0.2, 0.25) is 0 Å². The number of carbonyl (C=O) groups is 2. The number of thioether (sulfide) groups is 1. The van der Waals surface area contributed by atoms with Gasteiger partial charge in [-0.2, -0.15) is 0 Å². The van der Waals surface area contributed by atoms with Gasteiger partial charge in [-0.1, -0.05) is 30.0 Å². The number of aliphatic imine (C=N–C) groups is 1. The van der Waals surface area contributed by atoms with Gasteiger partial charge in [0.2, 0.25) is 11.8 Å². The second-order valence-corrected chi connectivity index (χ2v) is 8.43. The normalized spacial score (nSPS) is 17.6. The van der Waals surface area contributed by atoms with E-state index in [9.17, 15) is 9.59 Å². The lowest BCUT2D eigenvalue weighted by atomic mass is 10.2. The Labute approximate surface area is 181 Å². The molecular formula is C22H27N4O3S+. The third-order valence-corrected chi connectivity index (χ3v) is 5.76. The number of amidine groups is 1. The van der Waals surface area contributed by atoms with Crippen molar-refractivity contribution in [2.24, 2.45) is 4.99 Å². The summed E-state index contributed by atoms with van der Waals surface area (Å²) in [6.45, 7) is 1.34. The number of anilines is 1. The Hall–Kier alpha value is -2.84. The summed E-state index contributed by atoms with van der Waals surface area (Å²) >= 11 is 1.35. The molecule has 1 saturated heterocycles. The van der Waals surface area contributed by atoms with Crippen molar-refractivity contribution in [2.75, 3.05) is 39.6 Å². The van der Waals surface area contributed by atoms with Gasteiger partial charge in [-0.05, 0) is 36.4 Å². The first kappa shape index (κ1) is 21.9. The Bertz CT molecular complexity index is 900. The van der Waals surface area contributed by atoms with Crippen LogP contribution in [0.15, 0.2) is 59.6 Å². The average molecular weight is 428 g/mol. The largest absolute Gasteiger partial charge is 0.497 e. The fourth-order valence-corrected chi connectivity index (χ4v) is 4.12. The summed E-state index contributed by atoms with van der Waals surface area (Å²) in [4.78, 5) is 33.1. The Morgan fingerprint density at radius 3 is 2.50 bits per heavy atom. The van der Waals surface area contributed by atoms with Crippen molar-refractivity contribution in [2.45, 2.75) is 11.7 Å². The standard InChI is InChI=1S/C22H26N4O3S/c1-25(2)13-14-26-21(28)19(15-20(27)23-16-7-5-4-6-8-16)30-22(26)24-17-9-11-18(29-3)12-10-17/h4-12,19H,13-15H2,1-3H3,(H,23,27)/p+1/t19-/m0/s1. The van der Waals surface area contributed by atoms with Gasteiger partial charge in [0.1, 0.15) is 11.0 Å². The Balaban J connectivity index is 1.74. The number of rotatable bonds is 8. The molecule has 0 aliphatic carbocycles. The van der Waals surface area contributed by atoms with Crippen molar-refractivity contribution in [3.05, 3.63) is 54.6 Å². The highest BCUT2D eigenvalue weighted by Gasteiger charge is 2.39. The lowest BCUT2D eigenvalue weighted by molar-refractivity contribution is -0.857. The predicted molar refractivity (Wildman–Crippen MR) is 121 cm³/mol. The summed E-state index contributed by atoms with van der Waals surface area (Å²) in [5, 5.41) is 3.00. The summed E-state index contributed by atoms with van der Waals surface area (Å²) in [5.74, 6) is 0.491. The predicted octanol–water partition coefficient (Wildman–Crippen LogP) is 1.80. The number of nitrogens with zero attached hydrogens (tertiary/aromatic N) is 2. The van der Waals surface area contributed by atoms with Gasteiger partial charge >= 0.3 is 0 Å². The van der Waals surface area contributed by atoms with Crippen LogP contribution < -0.4 is 15.0 Å². The number of benzene rings is 2. The maximum atomic E-state index is 13.0. The molecule has 0 unspecified atom stereocenters. The van der Waals surface area contributed by atoms with Crippen LogP contribution in [-0.4, -0.2) is 61.4 Å². The van der Waals surface area contributed by atoms with Gasteiger partial charge < -0.3 is 15.0 Å². The number of methoxy groups -OCH3 is 1.